The van der Waals surface area contributed by atoms with E-state index < -0.39 is 10.1 Å². The zero-order valence-corrected chi connectivity index (χ0v) is 14.3. The Kier molecular flexibility index (Phi) is 4.57. The van der Waals surface area contributed by atoms with Crippen LogP contribution in [0.15, 0.2) is 63.7 Å². The van der Waals surface area contributed by atoms with E-state index in [2.05, 4.69) is 10.2 Å². The first-order valence-corrected chi connectivity index (χ1v) is 8.86. The molecule has 0 saturated heterocycles. The van der Waals surface area contributed by atoms with Crippen molar-refractivity contribution in [1.29, 1.82) is 10.5 Å². The van der Waals surface area contributed by atoms with E-state index in [-0.39, 0.29) is 27.5 Å². The fraction of sp³-hybridized carbons (Fsp3) is 0. The molecular weight excluding hydrogens is 368 g/mol. The number of hydrogen-bond acceptors (Lipinski definition) is 7. The van der Waals surface area contributed by atoms with Crippen LogP contribution in [0, 0.1) is 22.7 Å². The highest BCUT2D eigenvalue weighted by Gasteiger charge is 2.13. The highest BCUT2D eigenvalue weighted by atomic mass is 32.2. The smallest absolute Gasteiger partial charge is 0.294 e. The molecule has 0 unspecified atom stereocenters. The summed E-state index contributed by atoms with van der Waals surface area (Å²) in [6.45, 7) is 0. The van der Waals surface area contributed by atoms with Crippen molar-refractivity contribution in [2.45, 2.75) is 4.90 Å². The maximum absolute atomic E-state index is 11.3. The second-order valence-electron chi connectivity index (χ2n) is 5.44. The van der Waals surface area contributed by atoms with Crippen LogP contribution in [0.25, 0.3) is 10.8 Å². The van der Waals surface area contributed by atoms with E-state index >= 15 is 0 Å². The standard InChI is InChI=1S/C18H10N4O4S/c19-9-12-1-3-14(7-13(12)10-20)21-22-18-16-5-4-15(27(24,25)26)8-11(16)2-6-17(18)23/h1-8,23H,(H,24,25,26). The highest BCUT2D eigenvalue weighted by molar-refractivity contribution is 7.85. The van der Waals surface area contributed by atoms with Crippen molar-refractivity contribution >= 4 is 32.3 Å². The van der Waals surface area contributed by atoms with Crippen LogP contribution >= 0.6 is 0 Å². The first kappa shape index (κ1) is 18.0. The molecular formula is C18H10N4O4S. The third-order valence-corrected chi connectivity index (χ3v) is 4.60. The molecule has 0 aliphatic carbocycles. The predicted molar refractivity (Wildman–Crippen MR) is 95.5 cm³/mol. The molecule has 0 aliphatic heterocycles. The third-order valence-electron chi connectivity index (χ3n) is 3.75. The van der Waals surface area contributed by atoms with Gasteiger partial charge >= 0.3 is 0 Å². The lowest BCUT2D eigenvalue weighted by Gasteiger charge is -2.05. The molecule has 8 nitrogen and oxygen atoms in total. The summed E-state index contributed by atoms with van der Waals surface area (Å²) in [6.07, 6.45) is 0. The van der Waals surface area contributed by atoms with Crippen LogP contribution in [0.2, 0.25) is 0 Å². The zero-order valence-electron chi connectivity index (χ0n) is 13.5. The van der Waals surface area contributed by atoms with Crippen molar-refractivity contribution in [2.24, 2.45) is 10.2 Å². The molecule has 2 N–H and O–H groups in total. The Hall–Kier alpha value is -3.79. The minimum Gasteiger partial charge on any atom is -0.506 e. The minimum absolute atomic E-state index is 0.0947. The summed E-state index contributed by atoms with van der Waals surface area (Å²) < 4.78 is 31.7. The van der Waals surface area contributed by atoms with Gasteiger partial charge in [0.2, 0.25) is 0 Å². The van der Waals surface area contributed by atoms with Crippen molar-refractivity contribution in [1.82, 2.24) is 0 Å². The molecule has 3 aromatic rings. The van der Waals surface area contributed by atoms with Crippen LogP contribution in [0.5, 0.6) is 5.75 Å². The Morgan fingerprint density at radius 1 is 0.889 bits per heavy atom. The van der Waals surface area contributed by atoms with Gasteiger partial charge in [-0.3, -0.25) is 4.55 Å². The Labute approximate surface area is 154 Å². The molecule has 3 aromatic carbocycles. The van der Waals surface area contributed by atoms with Gasteiger partial charge in [-0.05, 0) is 41.8 Å². The number of benzene rings is 3. The summed E-state index contributed by atoms with van der Waals surface area (Å²) in [7, 11) is -4.36. The number of rotatable bonds is 3. The largest absolute Gasteiger partial charge is 0.506 e. The van der Waals surface area contributed by atoms with Gasteiger partial charge < -0.3 is 5.11 Å². The molecule has 0 radical (unpaired) electrons. The van der Waals surface area contributed by atoms with Gasteiger partial charge in [0.15, 0.2) is 0 Å². The van der Waals surface area contributed by atoms with Crippen LogP contribution in [-0.2, 0) is 10.1 Å². The topological polar surface area (TPSA) is 147 Å². The molecule has 0 spiro atoms. The second kappa shape index (κ2) is 6.84. The number of azo groups is 1. The predicted octanol–water partition coefficient (Wildman–Crippen LogP) is 3.95. The summed E-state index contributed by atoms with van der Waals surface area (Å²) in [4.78, 5) is -0.283. The molecule has 0 heterocycles. The van der Waals surface area contributed by atoms with Gasteiger partial charge in [0.25, 0.3) is 10.1 Å². The van der Waals surface area contributed by atoms with Crippen molar-refractivity contribution in [2.75, 3.05) is 0 Å². The van der Waals surface area contributed by atoms with E-state index in [1.54, 1.807) is 0 Å². The van der Waals surface area contributed by atoms with Gasteiger partial charge in [-0.15, -0.1) is 5.11 Å². The Bertz CT molecular complexity index is 1290. The van der Waals surface area contributed by atoms with Crippen molar-refractivity contribution in [3.63, 3.8) is 0 Å². The first-order chi connectivity index (χ1) is 12.8. The van der Waals surface area contributed by atoms with E-state index in [0.29, 0.717) is 16.5 Å². The zero-order chi connectivity index (χ0) is 19.6. The van der Waals surface area contributed by atoms with Crippen LogP contribution in [0.3, 0.4) is 0 Å². The maximum Gasteiger partial charge on any atom is 0.294 e. The lowest BCUT2D eigenvalue weighted by Crippen LogP contribution is -1.97. The number of aromatic hydroxyl groups is 1. The minimum atomic E-state index is -4.36. The average molecular weight is 378 g/mol. The number of hydrogen-bond donors (Lipinski definition) is 2. The monoisotopic (exact) mass is 378 g/mol. The Balaban J connectivity index is 2.09. The summed E-state index contributed by atoms with van der Waals surface area (Å²) in [5, 5.41) is 36.9. The van der Waals surface area contributed by atoms with Crippen molar-refractivity contribution in [3.05, 3.63) is 59.7 Å². The van der Waals surface area contributed by atoms with Crippen LogP contribution < -0.4 is 0 Å². The quantitative estimate of drug-likeness (QED) is 0.521. The summed E-state index contributed by atoms with van der Waals surface area (Å²) in [5.74, 6) is -0.181. The molecule has 0 fully saturated rings. The fourth-order valence-electron chi connectivity index (χ4n) is 2.44. The number of nitrogens with zero attached hydrogens (tertiary/aromatic N) is 4. The molecule has 0 amide bonds. The molecule has 9 heteroatoms. The van der Waals surface area contributed by atoms with E-state index in [1.807, 2.05) is 12.1 Å². The summed E-state index contributed by atoms with van der Waals surface area (Å²) >= 11 is 0. The fourth-order valence-corrected chi connectivity index (χ4v) is 2.95. The van der Waals surface area contributed by atoms with Gasteiger partial charge in [0, 0.05) is 5.39 Å². The maximum atomic E-state index is 11.3. The van der Waals surface area contributed by atoms with Gasteiger partial charge in [0.1, 0.15) is 23.6 Å². The Morgan fingerprint density at radius 3 is 2.30 bits per heavy atom. The normalized spacial score (nSPS) is 11.4. The van der Waals surface area contributed by atoms with Gasteiger partial charge in [-0.1, -0.05) is 12.1 Å². The SMILES string of the molecule is N#Cc1ccc(N=Nc2c(O)ccc3cc(S(=O)(=O)O)ccc23)cc1C#N. The van der Waals surface area contributed by atoms with Crippen LogP contribution in [0.1, 0.15) is 11.1 Å². The van der Waals surface area contributed by atoms with Gasteiger partial charge in [-0.2, -0.15) is 24.1 Å². The number of nitriles is 2. The molecule has 27 heavy (non-hydrogen) atoms. The van der Waals surface area contributed by atoms with Crippen LogP contribution in [-0.4, -0.2) is 18.1 Å². The molecule has 0 atom stereocenters. The summed E-state index contributed by atoms with van der Waals surface area (Å²) in [5.41, 5.74) is 0.754. The Morgan fingerprint density at radius 2 is 1.63 bits per heavy atom. The average Bonchev–Trinajstić information content (AvgIpc) is 2.65. The number of phenolic OH excluding ortho intramolecular Hbond substituents is 1. The molecule has 0 bridgehead atoms. The van der Waals surface area contributed by atoms with Crippen molar-refractivity contribution < 1.29 is 18.1 Å². The van der Waals surface area contributed by atoms with Gasteiger partial charge in [-0.25, -0.2) is 0 Å². The summed E-state index contributed by atoms with van der Waals surface area (Å²) in [6, 6.07) is 14.7. The van der Waals surface area contributed by atoms with E-state index in [0.717, 1.165) is 0 Å². The van der Waals surface area contributed by atoms with E-state index in [4.69, 9.17) is 15.1 Å². The van der Waals surface area contributed by atoms with Crippen LogP contribution in [0.4, 0.5) is 11.4 Å². The first-order valence-electron chi connectivity index (χ1n) is 7.42. The molecule has 0 saturated carbocycles. The van der Waals surface area contributed by atoms with E-state index in [9.17, 15) is 13.5 Å². The highest BCUT2D eigenvalue weighted by Crippen LogP contribution is 2.37. The lowest BCUT2D eigenvalue weighted by molar-refractivity contribution is 0.477. The molecule has 0 aromatic heterocycles. The lowest BCUT2D eigenvalue weighted by atomic mass is 10.1. The third kappa shape index (κ3) is 3.60. The number of fused-ring (bicyclic) bond motifs is 1. The second-order valence-corrected chi connectivity index (χ2v) is 6.87. The van der Waals surface area contributed by atoms with Gasteiger partial charge in [0.05, 0.1) is 21.7 Å². The van der Waals surface area contributed by atoms with E-state index in [1.165, 1.54) is 48.5 Å². The number of phenols is 1. The molecule has 0 aliphatic rings. The van der Waals surface area contributed by atoms with Crippen molar-refractivity contribution in [3.8, 4) is 17.9 Å². The molecule has 3 rings (SSSR count). The molecule has 132 valence electrons.